The van der Waals surface area contributed by atoms with E-state index in [1.807, 2.05) is 30.3 Å². The van der Waals surface area contributed by atoms with Crippen molar-refractivity contribution in [2.45, 2.75) is 25.8 Å². The van der Waals surface area contributed by atoms with E-state index in [-0.39, 0.29) is 29.4 Å². The van der Waals surface area contributed by atoms with Crippen LogP contribution in [0.25, 0.3) is 0 Å². The van der Waals surface area contributed by atoms with Gasteiger partial charge >= 0.3 is 0 Å². The maximum atomic E-state index is 12.1. The molecule has 124 valence electrons. The van der Waals surface area contributed by atoms with Gasteiger partial charge in [0.05, 0.1) is 17.5 Å². The number of carbonyl (C=O) groups is 1. The van der Waals surface area contributed by atoms with Gasteiger partial charge in [-0.3, -0.25) is 9.69 Å². The Balaban J connectivity index is 1.72. The molecule has 1 aliphatic heterocycles. The number of hydrogen-bond donors (Lipinski definition) is 1. The highest BCUT2D eigenvalue weighted by Crippen LogP contribution is 2.19. The van der Waals surface area contributed by atoms with E-state index in [2.05, 4.69) is 11.4 Å². The van der Waals surface area contributed by atoms with Gasteiger partial charge < -0.3 is 5.32 Å². The summed E-state index contributed by atoms with van der Waals surface area (Å²) in [5.41, 5.74) is 0. The van der Waals surface area contributed by atoms with Crippen LogP contribution in [-0.4, -0.2) is 56.9 Å². The first-order chi connectivity index (χ1) is 10.4. The van der Waals surface area contributed by atoms with Crippen LogP contribution in [0.15, 0.2) is 17.5 Å². The molecule has 22 heavy (non-hydrogen) atoms. The van der Waals surface area contributed by atoms with Crippen molar-refractivity contribution in [3.05, 3.63) is 22.4 Å². The average molecular weight is 345 g/mol. The molecule has 7 heteroatoms. The normalized spacial score (nSPS) is 21.9. The Morgan fingerprint density at radius 2 is 2.32 bits per heavy atom. The number of amides is 1. The Morgan fingerprint density at radius 1 is 1.55 bits per heavy atom. The number of nitrogens with one attached hydrogen (secondary N) is 1. The highest BCUT2D eigenvalue weighted by atomic mass is 32.2. The molecule has 0 bridgehead atoms. The van der Waals surface area contributed by atoms with Crippen LogP contribution in [-0.2, 0) is 21.1 Å². The largest absolute Gasteiger partial charge is 0.354 e. The number of thiophene rings is 1. The summed E-state index contributed by atoms with van der Waals surface area (Å²) in [6.07, 6.45) is 1.56. The average Bonchev–Trinajstić information content (AvgIpc) is 3.07. The molecule has 1 aromatic rings. The minimum absolute atomic E-state index is 0.0000831. The Kier molecular flexibility index (Phi) is 6.00. The van der Waals surface area contributed by atoms with E-state index in [1.54, 1.807) is 11.3 Å². The summed E-state index contributed by atoms with van der Waals surface area (Å²) in [6.45, 7) is 3.15. The SMILES string of the molecule is C[C@H](C(=O)NCCc1cccs1)N(C)C[C@@H]1CCS(=O)(=O)C1. The molecule has 2 rings (SSSR count). The van der Waals surface area contributed by atoms with Gasteiger partial charge in [0, 0.05) is 18.0 Å². The van der Waals surface area contributed by atoms with E-state index in [9.17, 15) is 13.2 Å². The zero-order chi connectivity index (χ0) is 16.2. The van der Waals surface area contributed by atoms with Gasteiger partial charge in [-0.1, -0.05) is 6.07 Å². The predicted octanol–water partition coefficient (Wildman–Crippen LogP) is 1.16. The molecule has 2 heterocycles. The van der Waals surface area contributed by atoms with Gasteiger partial charge in [0.1, 0.15) is 0 Å². The fourth-order valence-corrected chi connectivity index (χ4v) is 5.25. The zero-order valence-electron chi connectivity index (χ0n) is 13.1. The molecule has 1 saturated heterocycles. The van der Waals surface area contributed by atoms with Crippen molar-refractivity contribution in [2.75, 3.05) is 31.6 Å². The van der Waals surface area contributed by atoms with Crippen molar-refractivity contribution < 1.29 is 13.2 Å². The third-order valence-corrected chi connectivity index (χ3v) is 6.94. The monoisotopic (exact) mass is 344 g/mol. The summed E-state index contributed by atoms with van der Waals surface area (Å²) in [7, 11) is -0.969. The molecule has 1 aliphatic rings. The van der Waals surface area contributed by atoms with Crippen molar-refractivity contribution in [3.63, 3.8) is 0 Å². The lowest BCUT2D eigenvalue weighted by molar-refractivity contribution is -0.125. The van der Waals surface area contributed by atoms with Gasteiger partial charge in [-0.25, -0.2) is 8.42 Å². The summed E-state index contributed by atoms with van der Waals surface area (Å²) in [5, 5.41) is 4.98. The van der Waals surface area contributed by atoms with Gasteiger partial charge in [-0.05, 0) is 44.2 Å². The molecule has 1 amide bonds. The zero-order valence-corrected chi connectivity index (χ0v) is 14.8. The van der Waals surface area contributed by atoms with Crippen LogP contribution >= 0.6 is 11.3 Å². The highest BCUT2D eigenvalue weighted by Gasteiger charge is 2.30. The maximum absolute atomic E-state index is 12.1. The second-order valence-corrected chi connectivity index (χ2v) is 9.27. The minimum Gasteiger partial charge on any atom is -0.354 e. The van der Waals surface area contributed by atoms with Crippen LogP contribution in [0.5, 0.6) is 0 Å². The van der Waals surface area contributed by atoms with E-state index in [1.165, 1.54) is 4.88 Å². The number of hydrogen-bond acceptors (Lipinski definition) is 5. The topological polar surface area (TPSA) is 66.5 Å². The van der Waals surface area contributed by atoms with Gasteiger partial charge in [0.25, 0.3) is 0 Å². The van der Waals surface area contributed by atoms with Crippen molar-refractivity contribution in [2.24, 2.45) is 5.92 Å². The molecular formula is C15H24N2O3S2. The quantitative estimate of drug-likeness (QED) is 0.806. The van der Waals surface area contributed by atoms with Crippen LogP contribution in [0.3, 0.4) is 0 Å². The lowest BCUT2D eigenvalue weighted by atomic mass is 10.1. The molecule has 0 spiro atoms. The summed E-state index contributed by atoms with van der Waals surface area (Å²) in [4.78, 5) is 15.4. The number of carbonyl (C=O) groups excluding carboxylic acids is 1. The second-order valence-electron chi connectivity index (χ2n) is 6.01. The standard InChI is InChI=1S/C15H24N2O3S2/c1-12(15(18)16-7-5-14-4-3-8-21-14)17(2)10-13-6-9-22(19,20)11-13/h3-4,8,12-13H,5-7,9-11H2,1-2H3,(H,16,18)/t12-,13+/m1/s1. The van der Waals surface area contributed by atoms with Crippen LogP contribution < -0.4 is 5.32 Å². The molecule has 1 N–H and O–H groups in total. The molecule has 1 fully saturated rings. The van der Waals surface area contributed by atoms with Gasteiger partial charge in [-0.15, -0.1) is 11.3 Å². The molecule has 0 aromatic carbocycles. The van der Waals surface area contributed by atoms with Crippen molar-refractivity contribution in [3.8, 4) is 0 Å². The Hall–Kier alpha value is -0.920. The first-order valence-electron chi connectivity index (χ1n) is 7.58. The van der Waals surface area contributed by atoms with E-state index in [4.69, 9.17) is 0 Å². The fourth-order valence-electron chi connectivity index (χ4n) is 2.69. The van der Waals surface area contributed by atoms with E-state index in [0.29, 0.717) is 19.5 Å². The smallest absolute Gasteiger partial charge is 0.237 e. The Bertz CT molecular complexity index is 584. The van der Waals surface area contributed by atoms with Crippen molar-refractivity contribution >= 4 is 27.1 Å². The number of sulfone groups is 1. The summed E-state index contributed by atoms with van der Waals surface area (Å²) in [5.74, 6) is 0.688. The third kappa shape index (κ3) is 5.07. The Labute approximate surface area is 136 Å². The first kappa shape index (κ1) is 17.4. The number of nitrogens with zero attached hydrogens (tertiary/aromatic N) is 1. The molecule has 2 atom stereocenters. The lowest BCUT2D eigenvalue weighted by Crippen LogP contribution is -2.45. The number of rotatable bonds is 7. The van der Waals surface area contributed by atoms with Gasteiger partial charge in [0.15, 0.2) is 9.84 Å². The van der Waals surface area contributed by atoms with E-state index in [0.717, 1.165) is 6.42 Å². The molecule has 0 unspecified atom stereocenters. The summed E-state index contributed by atoms with van der Waals surface area (Å²) >= 11 is 1.69. The minimum atomic E-state index is -2.85. The molecule has 0 saturated carbocycles. The van der Waals surface area contributed by atoms with Gasteiger partial charge in [0.2, 0.25) is 5.91 Å². The van der Waals surface area contributed by atoms with E-state index >= 15 is 0 Å². The Morgan fingerprint density at radius 3 is 2.91 bits per heavy atom. The number of likely N-dealkylation sites (N-methyl/N-ethyl adjacent to an activating group) is 1. The van der Waals surface area contributed by atoms with Crippen LogP contribution in [0.4, 0.5) is 0 Å². The third-order valence-electron chi connectivity index (χ3n) is 4.16. The molecule has 0 radical (unpaired) electrons. The van der Waals surface area contributed by atoms with Crippen molar-refractivity contribution in [1.82, 2.24) is 10.2 Å². The highest BCUT2D eigenvalue weighted by molar-refractivity contribution is 7.91. The van der Waals surface area contributed by atoms with Gasteiger partial charge in [-0.2, -0.15) is 0 Å². The molecule has 0 aliphatic carbocycles. The summed E-state index contributed by atoms with van der Waals surface area (Å²) < 4.78 is 23.0. The molecule has 5 nitrogen and oxygen atoms in total. The maximum Gasteiger partial charge on any atom is 0.237 e. The second kappa shape index (κ2) is 7.57. The summed E-state index contributed by atoms with van der Waals surface area (Å²) in [6, 6.07) is 3.83. The fraction of sp³-hybridized carbons (Fsp3) is 0.667. The van der Waals surface area contributed by atoms with E-state index < -0.39 is 9.84 Å². The van der Waals surface area contributed by atoms with Crippen molar-refractivity contribution in [1.29, 1.82) is 0 Å². The molecule has 1 aromatic heterocycles. The van der Waals surface area contributed by atoms with Crippen LogP contribution in [0.1, 0.15) is 18.2 Å². The molecular weight excluding hydrogens is 320 g/mol. The van der Waals surface area contributed by atoms with Crippen LogP contribution in [0, 0.1) is 5.92 Å². The predicted molar refractivity (Wildman–Crippen MR) is 89.9 cm³/mol. The van der Waals surface area contributed by atoms with Crippen LogP contribution in [0.2, 0.25) is 0 Å². The first-order valence-corrected chi connectivity index (χ1v) is 10.3. The lowest BCUT2D eigenvalue weighted by Gasteiger charge is -2.26.